The first-order valence-corrected chi connectivity index (χ1v) is 5.62. The van der Waals surface area contributed by atoms with Gasteiger partial charge >= 0.3 is 0 Å². The van der Waals surface area contributed by atoms with Crippen LogP contribution in [0.2, 0.25) is 0 Å². The average molecular weight is 230 g/mol. The van der Waals surface area contributed by atoms with Gasteiger partial charge in [-0.2, -0.15) is 0 Å². The summed E-state index contributed by atoms with van der Waals surface area (Å²) in [6.07, 6.45) is 2.11. The van der Waals surface area contributed by atoms with Crippen LogP contribution in [0.25, 0.3) is 0 Å². The van der Waals surface area contributed by atoms with Crippen LogP contribution in [-0.2, 0) is 14.2 Å². The maximum atomic E-state index is 9.69. The predicted molar refractivity (Wildman–Crippen MR) is 61.1 cm³/mol. The molecule has 4 nitrogen and oxygen atoms in total. The largest absolute Gasteiger partial charge is 0.393 e. The molecule has 0 aromatic carbocycles. The molecule has 0 saturated carbocycles. The Morgan fingerprint density at radius 3 is 2.75 bits per heavy atom. The summed E-state index contributed by atoms with van der Waals surface area (Å²) in [5.74, 6) is -0.551. The van der Waals surface area contributed by atoms with Crippen LogP contribution in [0, 0.1) is 0 Å². The third kappa shape index (κ3) is 3.87. The molecule has 94 valence electrons. The summed E-state index contributed by atoms with van der Waals surface area (Å²) >= 11 is 0. The van der Waals surface area contributed by atoms with E-state index in [1.165, 1.54) is 0 Å². The van der Waals surface area contributed by atoms with E-state index in [9.17, 15) is 5.11 Å². The molecule has 1 heterocycles. The highest BCUT2D eigenvalue weighted by atomic mass is 16.7. The van der Waals surface area contributed by atoms with Crippen LogP contribution in [0.4, 0.5) is 0 Å². The van der Waals surface area contributed by atoms with Gasteiger partial charge in [-0.3, -0.25) is 0 Å². The summed E-state index contributed by atoms with van der Waals surface area (Å²) < 4.78 is 16.5. The van der Waals surface area contributed by atoms with Crippen molar-refractivity contribution in [3.05, 3.63) is 12.7 Å². The highest BCUT2D eigenvalue weighted by molar-refractivity contribution is 4.82. The fourth-order valence-electron chi connectivity index (χ4n) is 1.86. The molecule has 1 fully saturated rings. The lowest BCUT2D eigenvalue weighted by molar-refractivity contribution is -0.156. The van der Waals surface area contributed by atoms with E-state index in [-0.39, 0.29) is 12.2 Å². The maximum absolute atomic E-state index is 9.69. The van der Waals surface area contributed by atoms with Gasteiger partial charge < -0.3 is 19.3 Å². The smallest absolute Gasteiger partial charge is 0.163 e. The van der Waals surface area contributed by atoms with Crippen LogP contribution < -0.4 is 0 Å². The van der Waals surface area contributed by atoms with Crippen LogP contribution in [0.3, 0.4) is 0 Å². The zero-order valence-corrected chi connectivity index (χ0v) is 10.3. The Bertz CT molecular complexity index is 227. The van der Waals surface area contributed by atoms with Gasteiger partial charge in [0.05, 0.1) is 18.8 Å². The lowest BCUT2D eigenvalue weighted by atomic mass is 10.0. The zero-order chi connectivity index (χ0) is 12.2. The quantitative estimate of drug-likeness (QED) is 0.702. The topological polar surface area (TPSA) is 47.9 Å². The van der Waals surface area contributed by atoms with Crippen molar-refractivity contribution >= 4 is 0 Å². The van der Waals surface area contributed by atoms with Gasteiger partial charge in [0.15, 0.2) is 5.79 Å². The van der Waals surface area contributed by atoms with Crippen LogP contribution >= 0.6 is 0 Å². The van der Waals surface area contributed by atoms with Gasteiger partial charge in [0.25, 0.3) is 0 Å². The molecular weight excluding hydrogens is 208 g/mol. The number of hydrogen-bond acceptors (Lipinski definition) is 4. The van der Waals surface area contributed by atoms with Crippen molar-refractivity contribution in [2.75, 3.05) is 13.7 Å². The lowest BCUT2D eigenvalue weighted by Gasteiger charge is -2.24. The second kappa shape index (κ2) is 5.77. The van der Waals surface area contributed by atoms with Gasteiger partial charge in [0, 0.05) is 13.5 Å². The number of rotatable bonds is 6. The van der Waals surface area contributed by atoms with Gasteiger partial charge in [-0.15, -0.1) is 6.58 Å². The molecule has 3 atom stereocenters. The Morgan fingerprint density at radius 1 is 1.62 bits per heavy atom. The monoisotopic (exact) mass is 230 g/mol. The number of aliphatic hydroxyl groups excluding tert-OH is 1. The third-order valence-corrected chi connectivity index (χ3v) is 2.69. The highest BCUT2D eigenvalue weighted by Crippen LogP contribution is 2.27. The fourth-order valence-corrected chi connectivity index (χ4v) is 1.86. The normalized spacial score (nSPS) is 27.6. The van der Waals surface area contributed by atoms with Crippen molar-refractivity contribution < 1.29 is 19.3 Å². The summed E-state index contributed by atoms with van der Waals surface area (Å²) in [7, 11) is 1.62. The molecule has 1 aliphatic rings. The molecule has 1 N–H and O–H groups in total. The average Bonchev–Trinajstić information content (AvgIpc) is 2.55. The van der Waals surface area contributed by atoms with Crippen molar-refractivity contribution in [2.24, 2.45) is 0 Å². The van der Waals surface area contributed by atoms with E-state index in [0.29, 0.717) is 19.4 Å². The summed E-state index contributed by atoms with van der Waals surface area (Å²) in [6, 6.07) is 0. The number of aliphatic hydroxyl groups is 1. The Balaban J connectivity index is 2.45. The molecule has 0 bridgehead atoms. The minimum absolute atomic E-state index is 0.112. The van der Waals surface area contributed by atoms with E-state index in [0.717, 1.165) is 0 Å². The molecule has 1 rings (SSSR count). The second-order valence-corrected chi connectivity index (χ2v) is 4.56. The van der Waals surface area contributed by atoms with Crippen LogP contribution in [-0.4, -0.2) is 42.9 Å². The van der Waals surface area contributed by atoms with Crippen LogP contribution in [0.5, 0.6) is 0 Å². The summed E-state index contributed by atoms with van der Waals surface area (Å²) in [4.78, 5) is 0. The van der Waals surface area contributed by atoms with Crippen LogP contribution in [0.1, 0.15) is 26.7 Å². The molecule has 0 spiro atoms. The molecule has 0 amide bonds. The van der Waals surface area contributed by atoms with Gasteiger partial charge in [-0.25, -0.2) is 0 Å². The first-order chi connectivity index (χ1) is 7.48. The van der Waals surface area contributed by atoms with E-state index in [4.69, 9.17) is 14.2 Å². The molecule has 4 heteroatoms. The van der Waals surface area contributed by atoms with Gasteiger partial charge in [0.1, 0.15) is 6.10 Å². The molecule has 0 aliphatic carbocycles. The van der Waals surface area contributed by atoms with E-state index in [1.807, 2.05) is 13.8 Å². The minimum Gasteiger partial charge on any atom is -0.393 e. The standard InChI is InChI=1S/C12H22O4/c1-5-6-9(13)7-10(14-4)11-8-15-12(2,3)16-11/h5,9-11,13H,1,6-8H2,2-4H3/t9-,10+,11-/m0/s1. The lowest BCUT2D eigenvalue weighted by Crippen LogP contribution is -2.35. The predicted octanol–water partition coefficient (Wildman–Crippen LogP) is 1.48. The van der Waals surface area contributed by atoms with E-state index < -0.39 is 11.9 Å². The maximum Gasteiger partial charge on any atom is 0.163 e. The Hall–Kier alpha value is -0.420. The zero-order valence-electron chi connectivity index (χ0n) is 10.3. The molecule has 0 aromatic rings. The van der Waals surface area contributed by atoms with Crippen molar-refractivity contribution in [1.29, 1.82) is 0 Å². The SMILES string of the molecule is C=CC[C@H](O)C[C@@H](OC)[C@@H]1COC(C)(C)O1. The highest BCUT2D eigenvalue weighted by Gasteiger charge is 2.38. The van der Waals surface area contributed by atoms with Crippen LogP contribution in [0.15, 0.2) is 12.7 Å². The number of methoxy groups -OCH3 is 1. The van der Waals surface area contributed by atoms with Gasteiger partial charge in [-0.1, -0.05) is 6.08 Å². The molecule has 0 aromatic heterocycles. The molecular formula is C12H22O4. The summed E-state index contributed by atoms with van der Waals surface area (Å²) in [6.45, 7) is 7.85. The molecule has 16 heavy (non-hydrogen) atoms. The molecule has 1 saturated heterocycles. The first-order valence-electron chi connectivity index (χ1n) is 5.62. The Labute approximate surface area is 97.2 Å². The number of hydrogen-bond donors (Lipinski definition) is 1. The third-order valence-electron chi connectivity index (χ3n) is 2.69. The number of ether oxygens (including phenoxy) is 3. The van der Waals surface area contributed by atoms with Crippen molar-refractivity contribution in [1.82, 2.24) is 0 Å². The van der Waals surface area contributed by atoms with E-state index in [1.54, 1.807) is 13.2 Å². The Kier molecular flexibility index (Phi) is 4.92. The minimum atomic E-state index is -0.551. The van der Waals surface area contributed by atoms with Crippen molar-refractivity contribution in [3.63, 3.8) is 0 Å². The second-order valence-electron chi connectivity index (χ2n) is 4.56. The first kappa shape index (κ1) is 13.6. The Morgan fingerprint density at radius 2 is 2.31 bits per heavy atom. The van der Waals surface area contributed by atoms with E-state index >= 15 is 0 Å². The molecule has 1 aliphatic heterocycles. The van der Waals surface area contributed by atoms with Crippen molar-refractivity contribution in [2.45, 2.75) is 50.8 Å². The van der Waals surface area contributed by atoms with Crippen molar-refractivity contribution in [3.8, 4) is 0 Å². The van der Waals surface area contributed by atoms with E-state index in [2.05, 4.69) is 6.58 Å². The fraction of sp³-hybridized carbons (Fsp3) is 0.833. The van der Waals surface area contributed by atoms with Gasteiger partial charge in [0.2, 0.25) is 0 Å². The summed E-state index contributed by atoms with van der Waals surface area (Å²) in [5, 5.41) is 9.69. The summed E-state index contributed by atoms with van der Waals surface area (Å²) in [5.41, 5.74) is 0. The molecule has 0 radical (unpaired) electrons. The molecule has 0 unspecified atom stereocenters. The van der Waals surface area contributed by atoms with Gasteiger partial charge in [-0.05, 0) is 20.3 Å².